The number of ketones is 1. The lowest BCUT2D eigenvalue weighted by Crippen LogP contribution is -2.28. The maximum Gasteiger partial charge on any atom is 0.176 e. The Hall–Kier alpha value is -1.42. The van der Waals surface area contributed by atoms with Crippen LogP contribution in [-0.2, 0) is 0 Å². The molecule has 0 aromatic heterocycles. The molecular weight excluding hydrogens is 245 g/mol. The highest BCUT2D eigenvalue weighted by molar-refractivity contribution is 5.97. The van der Waals surface area contributed by atoms with Gasteiger partial charge >= 0.3 is 0 Å². The molecule has 0 aliphatic heterocycles. The fourth-order valence-electron chi connectivity index (χ4n) is 2.29. The number of Topliss-reactive ketones (excluding diaryl/α,β-unsaturated/α-hetero) is 1. The van der Waals surface area contributed by atoms with Crippen LogP contribution >= 0.6 is 0 Å². The van der Waals surface area contributed by atoms with Gasteiger partial charge in [-0.1, -0.05) is 6.92 Å². The standard InChI is InChI=1S/C15H20FNO2/c1-10-6-12(10)8-17(2)9-14(18)11-4-5-15(19-3)13(16)7-11/h4-5,7,10,12H,6,8-9H2,1-3H3. The Kier molecular flexibility index (Phi) is 4.20. The van der Waals surface area contributed by atoms with Crippen molar-refractivity contribution in [3.63, 3.8) is 0 Å². The average Bonchev–Trinajstić information content (AvgIpc) is 3.04. The van der Waals surface area contributed by atoms with Crippen molar-refractivity contribution in [1.29, 1.82) is 0 Å². The van der Waals surface area contributed by atoms with E-state index >= 15 is 0 Å². The Morgan fingerprint density at radius 1 is 1.53 bits per heavy atom. The van der Waals surface area contributed by atoms with Crippen LogP contribution < -0.4 is 4.74 Å². The number of carbonyl (C=O) groups is 1. The minimum Gasteiger partial charge on any atom is -0.494 e. The van der Waals surface area contributed by atoms with E-state index in [1.54, 1.807) is 6.07 Å². The predicted octanol–water partition coefficient (Wildman–Crippen LogP) is 2.60. The number of halogens is 1. The third-order valence-corrected chi connectivity index (χ3v) is 3.71. The van der Waals surface area contributed by atoms with Crippen molar-refractivity contribution in [2.24, 2.45) is 11.8 Å². The second-order valence-electron chi connectivity index (χ2n) is 5.44. The zero-order valence-corrected chi connectivity index (χ0v) is 11.6. The number of hydrogen-bond donors (Lipinski definition) is 0. The van der Waals surface area contributed by atoms with Crippen LogP contribution in [0, 0.1) is 17.7 Å². The van der Waals surface area contributed by atoms with Gasteiger partial charge in [0.15, 0.2) is 17.3 Å². The van der Waals surface area contributed by atoms with Gasteiger partial charge < -0.3 is 4.74 Å². The fraction of sp³-hybridized carbons (Fsp3) is 0.533. The minimum absolute atomic E-state index is 0.0580. The first-order chi connectivity index (χ1) is 9.01. The van der Waals surface area contributed by atoms with Gasteiger partial charge in [-0.3, -0.25) is 9.69 Å². The summed E-state index contributed by atoms with van der Waals surface area (Å²) in [6, 6.07) is 4.35. The van der Waals surface area contributed by atoms with E-state index in [9.17, 15) is 9.18 Å². The molecule has 104 valence electrons. The first-order valence-electron chi connectivity index (χ1n) is 6.56. The summed E-state index contributed by atoms with van der Waals surface area (Å²) in [6.45, 7) is 3.49. The quantitative estimate of drug-likeness (QED) is 0.740. The Morgan fingerprint density at radius 3 is 2.74 bits per heavy atom. The first kappa shape index (κ1) is 14.0. The summed E-state index contributed by atoms with van der Waals surface area (Å²) in [7, 11) is 3.34. The van der Waals surface area contributed by atoms with Gasteiger partial charge in [0.05, 0.1) is 13.7 Å². The topological polar surface area (TPSA) is 29.5 Å². The van der Waals surface area contributed by atoms with Crippen LogP contribution in [-0.4, -0.2) is 37.9 Å². The molecule has 1 aliphatic carbocycles. The van der Waals surface area contributed by atoms with E-state index in [1.165, 1.54) is 25.7 Å². The highest BCUT2D eigenvalue weighted by atomic mass is 19.1. The van der Waals surface area contributed by atoms with Crippen molar-refractivity contribution in [2.75, 3.05) is 27.2 Å². The Morgan fingerprint density at radius 2 is 2.21 bits per heavy atom. The molecule has 0 heterocycles. The average molecular weight is 265 g/mol. The summed E-state index contributed by atoms with van der Waals surface area (Å²) in [6.07, 6.45) is 1.25. The van der Waals surface area contributed by atoms with Gasteiger partial charge in [-0.05, 0) is 43.5 Å². The molecule has 2 atom stereocenters. The molecule has 1 aromatic rings. The number of likely N-dealkylation sites (N-methyl/N-ethyl adjacent to an activating group) is 1. The zero-order valence-electron chi connectivity index (χ0n) is 11.6. The van der Waals surface area contributed by atoms with E-state index in [2.05, 4.69) is 6.92 Å². The third kappa shape index (κ3) is 3.53. The molecular formula is C15H20FNO2. The molecule has 0 radical (unpaired) electrons. The summed E-state index contributed by atoms with van der Waals surface area (Å²) in [5.41, 5.74) is 0.397. The molecule has 1 fully saturated rings. The molecule has 2 unspecified atom stereocenters. The molecule has 0 amide bonds. The van der Waals surface area contributed by atoms with Crippen molar-refractivity contribution in [1.82, 2.24) is 4.90 Å². The maximum absolute atomic E-state index is 13.5. The van der Waals surface area contributed by atoms with Gasteiger partial charge in [0.2, 0.25) is 0 Å². The van der Waals surface area contributed by atoms with Gasteiger partial charge in [-0.2, -0.15) is 0 Å². The number of nitrogens with zero attached hydrogens (tertiary/aromatic N) is 1. The van der Waals surface area contributed by atoms with Gasteiger partial charge in [-0.25, -0.2) is 4.39 Å². The summed E-state index contributed by atoms with van der Waals surface area (Å²) in [5, 5.41) is 0. The SMILES string of the molecule is COc1ccc(C(=O)CN(C)CC2CC2C)cc1F. The van der Waals surface area contributed by atoms with Gasteiger partial charge in [0, 0.05) is 12.1 Å². The monoisotopic (exact) mass is 265 g/mol. The predicted molar refractivity (Wildman–Crippen MR) is 72.1 cm³/mol. The second-order valence-corrected chi connectivity index (χ2v) is 5.44. The summed E-state index contributed by atoms with van der Waals surface area (Å²) in [4.78, 5) is 14.1. The molecule has 0 bridgehead atoms. The van der Waals surface area contributed by atoms with E-state index in [-0.39, 0.29) is 11.5 Å². The molecule has 4 heteroatoms. The lowest BCUT2D eigenvalue weighted by Gasteiger charge is -2.15. The van der Waals surface area contributed by atoms with E-state index in [1.807, 2.05) is 11.9 Å². The highest BCUT2D eigenvalue weighted by Crippen LogP contribution is 2.37. The smallest absolute Gasteiger partial charge is 0.176 e. The van der Waals surface area contributed by atoms with Crippen molar-refractivity contribution in [3.05, 3.63) is 29.6 Å². The van der Waals surface area contributed by atoms with Gasteiger partial charge in [0.25, 0.3) is 0 Å². The normalized spacial score (nSPS) is 21.5. The molecule has 1 aromatic carbocycles. The van der Waals surface area contributed by atoms with E-state index < -0.39 is 5.82 Å². The third-order valence-electron chi connectivity index (χ3n) is 3.71. The zero-order chi connectivity index (χ0) is 14.0. The van der Waals surface area contributed by atoms with E-state index in [0.29, 0.717) is 18.0 Å². The van der Waals surface area contributed by atoms with E-state index in [0.717, 1.165) is 12.5 Å². The van der Waals surface area contributed by atoms with Crippen LogP contribution in [0.4, 0.5) is 4.39 Å². The molecule has 0 saturated heterocycles. The molecule has 0 spiro atoms. The van der Waals surface area contributed by atoms with Crippen LogP contribution in [0.25, 0.3) is 0 Å². The van der Waals surface area contributed by atoms with Crippen LogP contribution in [0.3, 0.4) is 0 Å². The second kappa shape index (κ2) is 5.70. The van der Waals surface area contributed by atoms with Crippen molar-refractivity contribution in [2.45, 2.75) is 13.3 Å². The largest absolute Gasteiger partial charge is 0.494 e. The molecule has 2 rings (SSSR count). The number of ether oxygens (including phenoxy) is 1. The van der Waals surface area contributed by atoms with Crippen LogP contribution in [0.15, 0.2) is 18.2 Å². The lowest BCUT2D eigenvalue weighted by atomic mass is 10.1. The van der Waals surface area contributed by atoms with Gasteiger partial charge in [-0.15, -0.1) is 0 Å². The van der Waals surface area contributed by atoms with Crippen LogP contribution in [0.1, 0.15) is 23.7 Å². The molecule has 0 N–H and O–H groups in total. The van der Waals surface area contributed by atoms with Crippen molar-refractivity contribution in [3.8, 4) is 5.75 Å². The van der Waals surface area contributed by atoms with Crippen LogP contribution in [0.2, 0.25) is 0 Å². The lowest BCUT2D eigenvalue weighted by molar-refractivity contribution is 0.0943. The number of hydrogen-bond acceptors (Lipinski definition) is 3. The number of methoxy groups -OCH3 is 1. The molecule has 19 heavy (non-hydrogen) atoms. The van der Waals surface area contributed by atoms with Crippen LogP contribution in [0.5, 0.6) is 5.75 Å². The van der Waals surface area contributed by atoms with E-state index in [4.69, 9.17) is 4.74 Å². The fourth-order valence-corrected chi connectivity index (χ4v) is 2.29. The Labute approximate surface area is 113 Å². The van der Waals surface area contributed by atoms with Gasteiger partial charge in [0.1, 0.15) is 0 Å². The number of benzene rings is 1. The van der Waals surface area contributed by atoms with Crippen molar-refractivity contribution < 1.29 is 13.9 Å². The van der Waals surface area contributed by atoms with Crippen molar-refractivity contribution >= 4 is 5.78 Å². The highest BCUT2D eigenvalue weighted by Gasteiger charge is 2.33. The number of rotatable bonds is 6. The minimum atomic E-state index is -0.494. The maximum atomic E-state index is 13.5. The first-order valence-corrected chi connectivity index (χ1v) is 6.56. The molecule has 3 nitrogen and oxygen atoms in total. The summed E-state index contributed by atoms with van der Waals surface area (Å²) < 4.78 is 18.4. The Bertz CT molecular complexity index is 475. The Balaban J connectivity index is 1.93. The summed E-state index contributed by atoms with van der Waals surface area (Å²) >= 11 is 0. The molecule has 1 aliphatic rings. The molecule has 1 saturated carbocycles. The summed E-state index contributed by atoms with van der Waals surface area (Å²) in [5.74, 6) is 1.10. The number of carbonyl (C=O) groups excluding carboxylic acids is 1.